The summed E-state index contributed by atoms with van der Waals surface area (Å²) >= 11 is 0. The lowest BCUT2D eigenvalue weighted by molar-refractivity contribution is 0.210. The van der Waals surface area contributed by atoms with Crippen LogP contribution in [0.4, 0.5) is 0 Å². The van der Waals surface area contributed by atoms with E-state index in [9.17, 15) is 0 Å². The van der Waals surface area contributed by atoms with Gasteiger partial charge in [-0.3, -0.25) is 0 Å². The molecular weight excluding hydrogens is 314 g/mol. The minimum Gasteiger partial charge on any atom is -0.490 e. The molecule has 2 aromatic rings. The molecule has 0 fully saturated rings. The summed E-state index contributed by atoms with van der Waals surface area (Å²) in [6.07, 6.45) is 3.94. The quantitative estimate of drug-likeness (QED) is 0.398. The predicted octanol–water partition coefficient (Wildman–Crippen LogP) is 4.69. The molecule has 0 unspecified atom stereocenters. The van der Waals surface area contributed by atoms with Gasteiger partial charge in [0.2, 0.25) is 0 Å². The largest absolute Gasteiger partial charge is 0.490 e. The smallest absolute Gasteiger partial charge is 0.134 e. The summed E-state index contributed by atoms with van der Waals surface area (Å²) in [5.41, 5.74) is 3.78. The van der Waals surface area contributed by atoms with Crippen LogP contribution in [0.3, 0.4) is 0 Å². The number of hydrogen-bond acceptors (Lipinski definition) is 4. The maximum atomic E-state index is 6.04. The highest BCUT2D eigenvalue weighted by molar-refractivity contribution is 6.01. The molecule has 4 heteroatoms. The maximum Gasteiger partial charge on any atom is 0.134 e. The third kappa shape index (κ3) is 5.38. The van der Waals surface area contributed by atoms with E-state index in [2.05, 4.69) is 5.16 Å². The van der Waals surface area contributed by atoms with Crippen LogP contribution in [0.2, 0.25) is 0 Å². The van der Waals surface area contributed by atoms with Gasteiger partial charge in [-0.2, -0.15) is 0 Å². The van der Waals surface area contributed by atoms with Crippen molar-refractivity contribution < 1.29 is 14.3 Å². The molecule has 0 atom stereocenters. The number of hydrogen-bond donors (Lipinski definition) is 0. The van der Waals surface area contributed by atoms with Gasteiger partial charge >= 0.3 is 0 Å². The fraction of sp³-hybridized carbons (Fsp3) is 0.286. The summed E-state index contributed by atoms with van der Waals surface area (Å²) < 4.78 is 11.7. The minimum absolute atomic E-state index is 0.332. The molecule has 0 radical (unpaired) electrons. The summed E-state index contributed by atoms with van der Waals surface area (Å²) in [5.74, 6) is 1.69. The Kier molecular flexibility index (Phi) is 7.08. The molecule has 0 aromatic heterocycles. The van der Waals surface area contributed by atoms with E-state index < -0.39 is 0 Å². The number of ether oxygens (including phenoxy) is 2. The molecule has 0 aliphatic rings. The van der Waals surface area contributed by atoms with Crippen molar-refractivity contribution >= 4 is 5.71 Å². The van der Waals surface area contributed by atoms with E-state index in [1.165, 1.54) is 7.11 Å². The van der Waals surface area contributed by atoms with Gasteiger partial charge in [-0.25, -0.2) is 0 Å². The molecule has 0 saturated heterocycles. The van der Waals surface area contributed by atoms with Crippen molar-refractivity contribution in [3.8, 4) is 11.5 Å². The molecule has 132 valence electrons. The number of oxime groups is 1. The van der Waals surface area contributed by atoms with Gasteiger partial charge in [0.05, 0.1) is 0 Å². The Hall–Kier alpha value is -2.75. The van der Waals surface area contributed by atoms with Crippen molar-refractivity contribution in [3.05, 3.63) is 71.3 Å². The zero-order valence-electron chi connectivity index (χ0n) is 15.3. The fourth-order valence-electron chi connectivity index (χ4n) is 2.51. The first-order valence-corrected chi connectivity index (χ1v) is 8.29. The molecular formula is C21H25NO3. The molecule has 25 heavy (non-hydrogen) atoms. The normalized spacial score (nSPS) is 11.6. The summed E-state index contributed by atoms with van der Waals surface area (Å²) in [4.78, 5) is 4.96. The monoisotopic (exact) mass is 339 g/mol. The standard InChI is InChI=1S/C21H25NO3/c1-5-6-12-24-19-13-16(2)21(17(3)14-19)25-15-20(22-23-4)18-10-8-7-9-11-18/h5-11,13-14H,12,15H2,1-4H3/b6-5+,22-20?. The van der Waals surface area contributed by atoms with Crippen LogP contribution in [0.25, 0.3) is 0 Å². The van der Waals surface area contributed by atoms with Gasteiger partial charge < -0.3 is 14.3 Å². The first-order chi connectivity index (χ1) is 12.2. The number of allylic oxidation sites excluding steroid dienone is 1. The summed E-state index contributed by atoms with van der Waals surface area (Å²) in [6, 6.07) is 13.8. The van der Waals surface area contributed by atoms with Gasteiger partial charge in [-0.1, -0.05) is 47.6 Å². The Bertz CT molecular complexity index is 713. The third-order valence-corrected chi connectivity index (χ3v) is 3.68. The van der Waals surface area contributed by atoms with Crippen molar-refractivity contribution in [3.63, 3.8) is 0 Å². The Morgan fingerprint density at radius 3 is 2.32 bits per heavy atom. The molecule has 0 amide bonds. The lowest BCUT2D eigenvalue weighted by Crippen LogP contribution is -2.14. The fourth-order valence-corrected chi connectivity index (χ4v) is 2.51. The first kappa shape index (κ1) is 18.6. The average Bonchev–Trinajstić information content (AvgIpc) is 2.61. The van der Waals surface area contributed by atoms with Gasteiger partial charge in [0.1, 0.15) is 37.5 Å². The highest BCUT2D eigenvalue weighted by Crippen LogP contribution is 2.28. The van der Waals surface area contributed by atoms with E-state index in [-0.39, 0.29) is 0 Å². The molecule has 0 saturated carbocycles. The highest BCUT2D eigenvalue weighted by atomic mass is 16.6. The Morgan fingerprint density at radius 2 is 1.72 bits per heavy atom. The average molecular weight is 339 g/mol. The topological polar surface area (TPSA) is 40.0 Å². The zero-order valence-corrected chi connectivity index (χ0v) is 15.3. The van der Waals surface area contributed by atoms with Gasteiger partial charge in [0, 0.05) is 5.56 Å². The zero-order chi connectivity index (χ0) is 18.1. The molecule has 2 aromatic carbocycles. The summed E-state index contributed by atoms with van der Waals surface area (Å²) in [7, 11) is 1.54. The second-order valence-electron chi connectivity index (χ2n) is 5.64. The number of nitrogens with zero attached hydrogens (tertiary/aromatic N) is 1. The van der Waals surface area contributed by atoms with Crippen LogP contribution in [-0.2, 0) is 4.84 Å². The van der Waals surface area contributed by atoms with Crippen LogP contribution in [0.5, 0.6) is 11.5 Å². The van der Waals surface area contributed by atoms with E-state index >= 15 is 0 Å². The highest BCUT2D eigenvalue weighted by Gasteiger charge is 2.11. The van der Waals surface area contributed by atoms with Crippen LogP contribution in [0, 0.1) is 13.8 Å². The van der Waals surface area contributed by atoms with E-state index in [0.717, 1.165) is 33.9 Å². The molecule has 0 aliphatic carbocycles. The number of rotatable bonds is 8. The SMILES string of the molecule is C/C=C/COc1cc(C)c(OCC(=NOC)c2ccccc2)c(C)c1. The second-order valence-corrected chi connectivity index (χ2v) is 5.64. The van der Waals surface area contributed by atoms with E-state index in [4.69, 9.17) is 14.3 Å². The molecule has 0 N–H and O–H groups in total. The van der Waals surface area contributed by atoms with Crippen LogP contribution < -0.4 is 9.47 Å². The first-order valence-electron chi connectivity index (χ1n) is 8.29. The van der Waals surface area contributed by atoms with E-state index in [0.29, 0.717) is 13.2 Å². The summed E-state index contributed by atoms with van der Waals surface area (Å²) in [6.45, 7) is 6.90. The van der Waals surface area contributed by atoms with Gasteiger partial charge in [-0.15, -0.1) is 0 Å². The lowest BCUT2D eigenvalue weighted by atomic mass is 10.1. The van der Waals surface area contributed by atoms with Crippen LogP contribution >= 0.6 is 0 Å². The third-order valence-electron chi connectivity index (χ3n) is 3.68. The molecule has 0 aliphatic heterocycles. The Labute approximate surface area is 149 Å². The summed E-state index contributed by atoms with van der Waals surface area (Å²) in [5, 5.41) is 4.10. The van der Waals surface area contributed by atoms with Crippen LogP contribution in [0.1, 0.15) is 23.6 Å². The molecule has 0 spiro atoms. The Morgan fingerprint density at radius 1 is 1.04 bits per heavy atom. The van der Waals surface area contributed by atoms with E-state index in [1.807, 2.05) is 75.4 Å². The van der Waals surface area contributed by atoms with Gasteiger partial charge in [-0.05, 0) is 44.0 Å². The van der Waals surface area contributed by atoms with Crippen LogP contribution in [-0.4, -0.2) is 26.0 Å². The number of benzene rings is 2. The predicted molar refractivity (Wildman–Crippen MR) is 102 cm³/mol. The Balaban J connectivity index is 2.12. The minimum atomic E-state index is 0.332. The lowest BCUT2D eigenvalue weighted by Gasteiger charge is -2.15. The van der Waals surface area contributed by atoms with Crippen molar-refractivity contribution in [2.45, 2.75) is 20.8 Å². The molecule has 4 nitrogen and oxygen atoms in total. The van der Waals surface area contributed by atoms with E-state index in [1.54, 1.807) is 0 Å². The molecule has 0 bridgehead atoms. The molecule has 2 rings (SSSR count). The van der Waals surface area contributed by atoms with Crippen molar-refractivity contribution in [2.75, 3.05) is 20.3 Å². The van der Waals surface area contributed by atoms with Crippen LogP contribution in [0.15, 0.2) is 59.8 Å². The maximum absolute atomic E-state index is 6.04. The van der Waals surface area contributed by atoms with Crippen molar-refractivity contribution in [1.82, 2.24) is 0 Å². The molecule has 0 heterocycles. The number of aryl methyl sites for hydroxylation is 2. The van der Waals surface area contributed by atoms with Gasteiger partial charge in [0.15, 0.2) is 0 Å². The van der Waals surface area contributed by atoms with Gasteiger partial charge in [0.25, 0.3) is 0 Å². The van der Waals surface area contributed by atoms with Crippen molar-refractivity contribution in [2.24, 2.45) is 5.16 Å². The van der Waals surface area contributed by atoms with Crippen molar-refractivity contribution in [1.29, 1.82) is 0 Å². The second kappa shape index (κ2) is 9.52.